The summed E-state index contributed by atoms with van der Waals surface area (Å²) in [5.74, 6) is 3.64. The molecule has 12 fully saturated rings. The van der Waals surface area contributed by atoms with E-state index >= 15 is 0 Å². The van der Waals surface area contributed by atoms with E-state index in [-0.39, 0.29) is 92.1 Å². The Bertz CT molecular complexity index is 5110. The second-order valence-corrected chi connectivity index (χ2v) is 42.6. The number of hydrogen-bond acceptors (Lipinski definition) is 24. The lowest BCUT2D eigenvalue weighted by molar-refractivity contribution is -0.0317. The summed E-state index contributed by atoms with van der Waals surface area (Å²) in [6.45, 7) is 22.2. The summed E-state index contributed by atoms with van der Waals surface area (Å²) in [6.07, 6.45) is 33.1. The van der Waals surface area contributed by atoms with Gasteiger partial charge in [0.1, 0.15) is 34.5 Å². The minimum atomic E-state index is -2.49. The molecule has 18 atom stereocenters. The molecule has 6 saturated heterocycles. The van der Waals surface area contributed by atoms with Gasteiger partial charge in [0.2, 0.25) is 0 Å². The molecule has 12 aliphatic rings. The van der Waals surface area contributed by atoms with Gasteiger partial charge >= 0.3 is 0 Å². The molecule has 6 N–H and O–H groups in total. The molecule has 24 heteroatoms. The molecule has 6 heterocycles. The fraction of sp³-hybridized carbons (Fsp3) is 0.702. The normalized spacial score (nSPS) is 29.7. The first kappa shape index (κ1) is 99.1. The van der Waals surface area contributed by atoms with Crippen molar-refractivity contribution >= 4 is 0 Å². The van der Waals surface area contributed by atoms with Gasteiger partial charge in [-0.3, -0.25) is 29.4 Å². The van der Waals surface area contributed by atoms with Crippen LogP contribution in [-0.4, -0.2) is 330 Å². The zero-order valence-electron chi connectivity index (χ0n) is 102. The van der Waals surface area contributed by atoms with Gasteiger partial charge in [-0.25, -0.2) is 0 Å². The zero-order chi connectivity index (χ0) is 113. The lowest BCUT2D eigenvalue weighted by atomic mass is 9.91. The van der Waals surface area contributed by atoms with E-state index in [4.69, 9.17) is 74.7 Å². The maximum absolute atomic E-state index is 9.87. The third-order valence-corrected chi connectivity index (χ3v) is 32.3. The summed E-state index contributed by atoms with van der Waals surface area (Å²) in [5.41, 5.74) is 10.7. The SMILES string of the molecule is C.COc1cc(CCO[C@@H]2CCCC[C@H]2N2CCC(O)C2)ccc1C.COc1cc(CCO[C@@H]2CCCC[C@H]2N2CC[C@@H](O)C2)ccc1C.[2H]C([2H])(O[C@@H]1CCCC[C@H]1N1CC[C@@H](O)C1)C([2H])([2H])c1ccc(C)c(OC)c1.[2H]C([2H])([2H])Oc1cc(CCO[C@@H]2CCCC[C@H]2N2CCC(O)C2)ccc1C.[2H]C([2H])([2H])Oc1cc(CCO[C@@H]2CCCC[C@H]2N2CC[C@@H](O)C2)ccc1C.[2H]c1c([2H])c(CCO[C@@H]2CCCC[C@H]2N2CC[C@@H](O)C2)c([2H])c(OC)c1C. The molecule has 18 rings (SSSR count). The zero-order valence-corrected chi connectivity index (χ0v) is 88.6. The molecular weight excluding hydrogens is 1830 g/mol. The average molecular weight is 2030 g/mol. The number of aliphatic hydroxyl groups excluding tert-OH is 6. The molecule has 0 amide bonds. The second-order valence-electron chi connectivity index (χ2n) is 42.6. The molecule has 6 aromatic rings. The van der Waals surface area contributed by atoms with E-state index in [0.29, 0.717) is 116 Å². The van der Waals surface area contributed by atoms with Crippen molar-refractivity contribution in [2.45, 2.75) is 390 Å². The Morgan fingerprint density at radius 3 is 0.724 bits per heavy atom. The molecule has 24 nitrogen and oxygen atoms in total. The Labute approximate surface area is 891 Å². The summed E-state index contributed by atoms with van der Waals surface area (Å²) >= 11 is 0. The summed E-state index contributed by atoms with van der Waals surface area (Å²) < 4.78 is 171. The number of rotatable bonds is 36. The van der Waals surface area contributed by atoms with Gasteiger partial charge in [-0.1, -0.05) is 157 Å². The van der Waals surface area contributed by atoms with E-state index in [1.807, 2.05) is 45.0 Å². The van der Waals surface area contributed by atoms with Gasteiger partial charge in [-0.2, -0.15) is 0 Å². The molecular formula is C121H190N6O18. The Morgan fingerprint density at radius 1 is 0.269 bits per heavy atom. The number of nitrogens with zero attached hydrogens (tertiary/aromatic N) is 6. The van der Waals surface area contributed by atoms with Crippen LogP contribution in [0, 0.1) is 41.5 Å². The van der Waals surface area contributed by atoms with Crippen LogP contribution in [0.25, 0.3) is 0 Å². The first-order chi connectivity index (χ1) is 75.1. The lowest BCUT2D eigenvalue weighted by Crippen LogP contribution is -2.46. The van der Waals surface area contributed by atoms with E-state index in [1.54, 1.807) is 51.5 Å². The van der Waals surface area contributed by atoms with Crippen molar-refractivity contribution in [3.8, 4) is 34.5 Å². The minimum absolute atomic E-state index is 0. The number of likely N-dealkylation sites (tertiary alicyclic amines) is 6. The molecule has 6 aliphatic carbocycles. The highest BCUT2D eigenvalue weighted by Gasteiger charge is 2.42. The summed E-state index contributed by atoms with van der Waals surface area (Å²) in [4.78, 5) is 14.2. The highest BCUT2D eigenvalue weighted by Crippen LogP contribution is 2.38. The quantitative estimate of drug-likeness (QED) is 0.0214. The Kier molecular flexibility index (Phi) is 42.2. The molecule has 145 heavy (non-hydrogen) atoms. The maximum atomic E-state index is 9.87. The first-order valence-corrected chi connectivity index (χ1v) is 55.0. The van der Waals surface area contributed by atoms with Gasteiger partial charge in [-0.05, 0) is 299 Å². The van der Waals surface area contributed by atoms with Crippen LogP contribution < -0.4 is 28.4 Å². The van der Waals surface area contributed by atoms with Gasteiger partial charge in [0, 0.05) is 118 Å². The summed E-state index contributed by atoms with van der Waals surface area (Å²) in [6, 6.07) is 31.6. The van der Waals surface area contributed by atoms with E-state index in [2.05, 4.69) is 79.6 Å². The largest absolute Gasteiger partial charge is 0.496 e. The molecule has 0 spiro atoms. The number of benzene rings is 6. The first-order valence-electron chi connectivity index (χ1n) is 61.5. The standard InChI is InChI=1S/6C20H31NO3.CH4/c6*1-15-7-8-16(13-20(15)23-2)10-12-24-19-6-4-3-5-18(19)21-11-9-17(22)14-21;/h6*7-8,13,17-19,22H,3-6,9-12,14H2,1-2H3;1H4/t2*17?,18-,19-;4*17-,18-,19-;/m111111./s1/i2D3;;7D,8D,13D;10D2,12D2;2D3;;. The van der Waals surface area contributed by atoms with Gasteiger partial charge in [0.15, 0.2) is 0 Å². The number of aliphatic hydroxyl groups is 6. The monoisotopic (exact) mass is 2030 g/mol. The average Bonchev–Trinajstić information content (AvgIpc) is 0.845. The highest BCUT2D eigenvalue weighted by atomic mass is 16.5. The van der Waals surface area contributed by atoms with E-state index in [1.165, 1.54) is 107 Å². The topological polar surface area (TPSA) is 252 Å². The second kappa shape index (κ2) is 61.8. The van der Waals surface area contributed by atoms with Crippen molar-refractivity contribution in [2.75, 3.05) is 161 Å². The predicted molar refractivity (Wildman–Crippen MR) is 580 cm³/mol. The number of β-amino-alcohol motifs (C(OH)–C–C–N with tert-alkyl or cyclic N) is 6. The van der Waals surface area contributed by atoms with Crippen LogP contribution >= 0.6 is 0 Å². The van der Waals surface area contributed by atoms with Gasteiger partial charge in [0.05, 0.1) is 170 Å². The van der Waals surface area contributed by atoms with Gasteiger partial charge < -0.3 is 87.5 Å². The maximum Gasteiger partial charge on any atom is 0.122 e. The third kappa shape index (κ3) is 36.3. The van der Waals surface area contributed by atoms with Gasteiger partial charge in [0.25, 0.3) is 0 Å². The minimum Gasteiger partial charge on any atom is -0.496 e. The van der Waals surface area contributed by atoms with E-state index < -0.39 is 33.1 Å². The van der Waals surface area contributed by atoms with Crippen molar-refractivity contribution in [3.63, 3.8) is 0 Å². The molecule has 6 aliphatic heterocycles. The Balaban J connectivity index is 0.000000167. The van der Waals surface area contributed by atoms with Gasteiger partial charge in [-0.15, -0.1) is 0 Å². The van der Waals surface area contributed by atoms with Crippen LogP contribution in [0.3, 0.4) is 0 Å². The molecule has 0 aromatic heterocycles. The van der Waals surface area contributed by atoms with E-state index in [0.717, 1.165) is 266 Å². The van der Waals surface area contributed by atoms with E-state index in [9.17, 15) is 30.6 Å². The van der Waals surface area contributed by atoms with Crippen LogP contribution in [-0.2, 0) is 66.9 Å². The molecule has 2 unspecified atom stereocenters. The highest BCUT2D eigenvalue weighted by molar-refractivity contribution is 5.41. The van der Waals surface area contributed by atoms with Crippen LogP contribution in [0.1, 0.15) is 285 Å². The fourth-order valence-electron chi connectivity index (χ4n) is 23.9. The van der Waals surface area contributed by atoms with Crippen LogP contribution in [0.5, 0.6) is 34.5 Å². The fourth-order valence-corrected chi connectivity index (χ4v) is 23.9. The van der Waals surface area contributed by atoms with Crippen LogP contribution in [0.2, 0.25) is 0 Å². The number of methoxy groups -OCH3 is 6. The number of hydrogen-bond donors (Lipinski definition) is 6. The van der Waals surface area contributed by atoms with Crippen molar-refractivity contribution in [2.24, 2.45) is 0 Å². The smallest absolute Gasteiger partial charge is 0.122 e. The van der Waals surface area contributed by atoms with Crippen molar-refractivity contribution in [1.29, 1.82) is 0 Å². The van der Waals surface area contributed by atoms with Crippen molar-refractivity contribution in [3.05, 3.63) is 176 Å². The molecule has 6 saturated carbocycles. The Morgan fingerprint density at radius 2 is 0.490 bits per heavy atom. The van der Waals surface area contributed by atoms with Crippen LogP contribution in [0.15, 0.2) is 109 Å². The summed E-state index contributed by atoms with van der Waals surface area (Å²) in [7, 11) is 1.59. The molecule has 0 radical (unpaired) electrons. The molecule has 812 valence electrons. The van der Waals surface area contributed by atoms with Crippen molar-refractivity contribution < 1.29 is 105 Å². The lowest BCUT2D eigenvalue weighted by Gasteiger charge is -2.37. The van der Waals surface area contributed by atoms with Crippen LogP contribution in [0.4, 0.5) is 0 Å². The Hall–Kier alpha value is -6.60. The molecule has 6 aromatic carbocycles. The number of ether oxygens (including phenoxy) is 12. The summed E-state index contributed by atoms with van der Waals surface area (Å²) in [5, 5.41) is 59.0. The number of aryl methyl sites for hydroxylation is 6. The van der Waals surface area contributed by atoms with Crippen molar-refractivity contribution in [1.82, 2.24) is 29.4 Å². The predicted octanol–water partition coefficient (Wildman–Crippen LogP) is 18.3. The third-order valence-electron chi connectivity index (χ3n) is 32.3. The molecule has 0 bridgehead atoms.